The molecule has 0 radical (unpaired) electrons. The fourth-order valence-corrected chi connectivity index (χ4v) is 3.78. The Hall–Kier alpha value is -3.92. The molecule has 0 spiro atoms. The van der Waals surface area contributed by atoms with Crippen molar-refractivity contribution in [1.29, 1.82) is 0 Å². The highest BCUT2D eigenvalue weighted by Crippen LogP contribution is 2.35. The average molecular weight is 483 g/mol. The number of halogens is 1. The number of nitrogens with zero attached hydrogens (tertiary/aromatic N) is 4. The van der Waals surface area contributed by atoms with Gasteiger partial charge in [-0.2, -0.15) is 15.0 Å². The number of carbonyl (C=O) groups is 2. The van der Waals surface area contributed by atoms with Gasteiger partial charge in [0.25, 0.3) is 0 Å². The van der Waals surface area contributed by atoms with Gasteiger partial charge >= 0.3 is 5.97 Å². The molecule has 2 aromatic carbocycles. The van der Waals surface area contributed by atoms with E-state index in [0.717, 1.165) is 11.3 Å². The summed E-state index contributed by atoms with van der Waals surface area (Å²) in [6.07, 6.45) is 0.00787. The molecule has 1 aromatic heterocycles. The summed E-state index contributed by atoms with van der Waals surface area (Å²) in [5.74, 6) is -0.507. The van der Waals surface area contributed by atoms with Crippen LogP contribution >= 0.6 is 11.6 Å². The molecule has 34 heavy (non-hydrogen) atoms. The van der Waals surface area contributed by atoms with Gasteiger partial charge in [0.1, 0.15) is 5.75 Å². The summed E-state index contributed by atoms with van der Waals surface area (Å²) in [6, 6.07) is 12.6. The molecule has 3 aromatic rings. The van der Waals surface area contributed by atoms with Gasteiger partial charge in [0.05, 0.1) is 18.7 Å². The zero-order valence-corrected chi connectivity index (χ0v) is 19.4. The van der Waals surface area contributed by atoms with E-state index in [2.05, 4.69) is 20.3 Å². The molecule has 0 bridgehead atoms. The third-order valence-electron chi connectivity index (χ3n) is 5.32. The summed E-state index contributed by atoms with van der Waals surface area (Å²) < 4.78 is 10.7. The summed E-state index contributed by atoms with van der Waals surface area (Å²) in [5.41, 5.74) is 8.13. The first-order valence-electron chi connectivity index (χ1n) is 10.5. The van der Waals surface area contributed by atoms with E-state index in [9.17, 15) is 9.59 Å². The van der Waals surface area contributed by atoms with Crippen molar-refractivity contribution >= 4 is 46.7 Å². The number of aryl methyl sites for hydroxylation is 1. The Labute approximate surface area is 201 Å². The number of rotatable bonds is 7. The lowest BCUT2D eigenvalue weighted by molar-refractivity contribution is -0.149. The molecule has 0 aliphatic carbocycles. The van der Waals surface area contributed by atoms with Crippen molar-refractivity contribution in [2.45, 2.75) is 20.0 Å². The minimum absolute atomic E-state index is 0.00703. The van der Waals surface area contributed by atoms with Crippen LogP contribution in [0.4, 0.5) is 23.3 Å². The molecular weight excluding hydrogens is 460 g/mol. The number of carbonyl (C=O) groups excluding carboxylic acids is 2. The Morgan fingerprint density at radius 2 is 2.03 bits per heavy atom. The number of anilines is 4. The number of nitrogen functional groups attached to an aromatic ring is 1. The van der Waals surface area contributed by atoms with Gasteiger partial charge < -0.3 is 25.4 Å². The SMILES string of the molecule is COc1ccc(Cl)cc1N1C[C@H](C(=O)OCc2nc(N)nc(Nc3ccccc3C)n2)CC1=O. The summed E-state index contributed by atoms with van der Waals surface area (Å²) in [5, 5.41) is 3.54. The van der Waals surface area contributed by atoms with Crippen molar-refractivity contribution in [2.75, 3.05) is 29.6 Å². The Balaban J connectivity index is 1.41. The number of aromatic nitrogens is 3. The van der Waals surface area contributed by atoms with Gasteiger partial charge in [0.15, 0.2) is 12.4 Å². The third-order valence-corrected chi connectivity index (χ3v) is 5.56. The van der Waals surface area contributed by atoms with Gasteiger partial charge in [-0.05, 0) is 36.8 Å². The van der Waals surface area contributed by atoms with Gasteiger partial charge in [-0.15, -0.1) is 0 Å². The number of esters is 1. The van der Waals surface area contributed by atoms with Gasteiger partial charge in [-0.25, -0.2) is 0 Å². The second kappa shape index (κ2) is 9.92. The summed E-state index contributed by atoms with van der Waals surface area (Å²) in [7, 11) is 1.50. The van der Waals surface area contributed by atoms with E-state index in [-0.39, 0.29) is 43.2 Å². The third kappa shape index (κ3) is 5.18. The normalized spacial score (nSPS) is 15.3. The molecule has 0 saturated carbocycles. The van der Waals surface area contributed by atoms with Crippen molar-refractivity contribution in [3.8, 4) is 5.75 Å². The number of hydrogen-bond donors (Lipinski definition) is 2. The highest BCUT2D eigenvalue weighted by Gasteiger charge is 2.37. The zero-order chi connectivity index (χ0) is 24.2. The van der Waals surface area contributed by atoms with Crippen LogP contribution in [0.25, 0.3) is 0 Å². The number of hydrogen-bond acceptors (Lipinski definition) is 9. The maximum absolute atomic E-state index is 12.7. The lowest BCUT2D eigenvalue weighted by atomic mass is 10.1. The van der Waals surface area contributed by atoms with Crippen molar-refractivity contribution in [3.63, 3.8) is 0 Å². The Morgan fingerprint density at radius 3 is 2.79 bits per heavy atom. The van der Waals surface area contributed by atoms with Crippen LogP contribution in [-0.2, 0) is 20.9 Å². The quantitative estimate of drug-likeness (QED) is 0.486. The molecule has 10 nitrogen and oxygen atoms in total. The molecule has 1 atom stereocenters. The van der Waals surface area contributed by atoms with Crippen molar-refractivity contribution in [2.24, 2.45) is 5.92 Å². The standard InChI is InChI=1S/C23H23ClN6O4/c1-13-5-3-4-6-16(13)26-23-28-19(27-22(25)29-23)12-34-21(32)14-9-20(31)30(11-14)17-10-15(24)7-8-18(17)33-2/h3-8,10,14H,9,11-12H2,1-2H3,(H3,25,26,27,28,29)/t14-/m1/s1. The van der Waals surface area contributed by atoms with E-state index >= 15 is 0 Å². The zero-order valence-electron chi connectivity index (χ0n) is 18.6. The summed E-state index contributed by atoms with van der Waals surface area (Å²) >= 11 is 6.08. The monoisotopic (exact) mass is 482 g/mol. The van der Waals surface area contributed by atoms with Gasteiger partial charge in [0.2, 0.25) is 17.8 Å². The second-order valence-corrected chi connectivity index (χ2v) is 8.14. The van der Waals surface area contributed by atoms with Crippen LogP contribution in [0.5, 0.6) is 5.75 Å². The van der Waals surface area contributed by atoms with Crippen LogP contribution < -0.4 is 20.7 Å². The van der Waals surface area contributed by atoms with Crippen LogP contribution in [0.2, 0.25) is 5.02 Å². The lowest BCUT2D eigenvalue weighted by Gasteiger charge is -2.19. The average Bonchev–Trinajstić information content (AvgIpc) is 3.20. The molecule has 1 aliphatic heterocycles. The number of para-hydroxylation sites is 1. The van der Waals surface area contributed by atoms with Crippen LogP contribution in [0.3, 0.4) is 0 Å². The minimum atomic E-state index is -0.653. The molecule has 1 saturated heterocycles. The summed E-state index contributed by atoms with van der Waals surface area (Å²) in [6.45, 7) is 1.88. The molecule has 1 amide bonds. The molecule has 1 aliphatic rings. The number of nitrogens with two attached hydrogens (primary N) is 1. The lowest BCUT2D eigenvalue weighted by Crippen LogP contribution is -2.27. The molecule has 4 rings (SSSR count). The molecule has 0 unspecified atom stereocenters. The maximum atomic E-state index is 12.7. The number of methoxy groups -OCH3 is 1. The Kier molecular flexibility index (Phi) is 6.78. The maximum Gasteiger partial charge on any atom is 0.311 e. The Morgan fingerprint density at radius 1 is 1.24 bits per heavy atom. The molecule has 176 valence electrons. The second-order valence-electron chi connectivity index (χ2n) is 7.70. The van der Waals surface area contributed by atoms with Crippen LogP contribution in [0.15, 0.2) is 42.5 Å². The fraction of sp³-hybridized carbons (Fsp3) is 0.261. The van der Waals surface area contributed by atoms with Gasteiger partial charge in [-0.1, -0.05) is 29.8 Å². The van der Waals surface area contributed by atoms with E-state index in [0.29, 0.717) is 16.5 Å². The first-order valence-corrected chi connectivity index (χ1v) is 10.9. The van der Waals surface area contributed by atoms with Crippen LogP contribution in [-0.4, -0.2) is 40.5 Å². The van der Waals surface area contributed by atoms with E-state index in [1.54, 1.807) is 18.2 Å². The fourth-order valence-electron chi connectivity index (χ4n) is 3.62. The molecule has 3 N–H and O–H groups in total. The van der Waals surface area contributed by atoms with E-state index < -0.39 is 11.9 Å². The number of amides is 1. The smallest absolute Gasteiger partial charge is 0.311 e. The van der Waals surface area contributed by atoms with Gasteiger partial charge in [-0.3, -0.25) is 9.59 Å². The number of ether oxygens (including phenoxy) is 2. The van der Waals surface area contributed by atoms with Crippen molar-refractivity contribution in [3.05, 3.63) is 58.9 Å². The van der Waals surface area contributed by atoms with Crippen LogP contribution in [0, 0.1) is 12.8 Å². The molecule has 2 heterocycles. The minimum Gasteiger partial charge on any atom is -0.495 e. The van der Waals surface area contributed by atoms with Crippen molar-refractivity contribution < 1.29 is 19.1 Å². The molecule has 1 fully saturated rings. The number of benzene rings is 2. The van der Waals surface area contributed by atoms with E-state index in [1.807, 2.05) is 31.2 Å². The first-order chi connectivity index (χ1) is 16.3. The summed E-state index contributed by atoms with van der Waals surface area (Å²) in [4.78, 5) is 39.2. The highest BCUT2D eigenvalue weighted by atomic mass is 35.5. The van der Waals surface area contributed by atoms with E-state index in [4.69, 9.17) is 26.8 Å². The van der Waals surface area contributed by atoms with Crippen molar-refractivity contribution in [1.82, 2.24) is 15.0 Å². The first kappa shape index (κ1) is 23.2. The molecule has 11 heteroatoms. The molecular formula is C23H23ClN6O4. The Bertz CT molecular complexity index is 1240. The van der Waals surface area contributed by atoms with Gasteiger partial charge in [0, 0.05) is 23.7 Å². The predicted molar refractivity (Wildman–Crippen MR) is 127 cm³/mol. The van der Waals surface area contributed by atoms with Crippen LogP contribution in [0.1, 0.15) is 17.8 Å². The predicted octanol–water partition coefficient (Wildman–Crippen LogP) is 3.26. The van der Waals surface area contributed by atoms with E-state index in [1.165, 1.54) is 12.0 Å². The topological polar surface area (TPSA) is 133 Å². The largest absolute Gasteiger partial charge is 0.495 e. The highest BCUT2D eigenvalue weighted by molar-refractivity contribution is 6.31. The number of nitrogens with one attached hydrogen (secondary N) is 1.